The monoisotopic (exact) mass is 323 g/mol. The Balaban J connectivity index is 1.58. The standard InChI is InChI=1S/C21H25NO2/c1-15-3-5-16(6-4-15)14-22-21(23)13-20(17-7-8-17)18-9-11-19(24-2)12-10-18/h3-6,9-12,17,20H,7-8,13-14H2,1-2H3,(H,22,23). The molecule has 1 N–H and O–H groups in total. The summed E-state index contributed by atoms with van der Waals surface area (Å²) in [6, 6.07) is 16.4. The van der Waals surface area contributed by atoms with Gasteiger partial charge in [0.2, 0.25) is 5.91 Å². The normalized spacial score (nSPS) is 14.9. The van der Waals surface area contributed by atoms with E-state index < -0.39 is 0 Å². The highest BCUT2D eigenvalue weighted by Crippen LogP contribution is 2.44. The molecule has 0 spiro atoms. The van der Waals surface area contributed by atoms with Crippen LogP contribution in [0.4, 0.5) is 0 Å². The fourth-order valence-electron chi connectivity index (χ4n) is 3.08. The van der Waals surface area contributed by atoms with Crippen LogP contribution in [-0.4, -0.2) is 13.0 Å². The van der Waals surface area contributed by atoms with Gasteiger partial charge in [-0.25, -0.2) is 0 Å². The highest BCUT2D eigenvalue weighted by Gasteiger charge is 2.33. The molecule has 2 aromatic rings. The van der Waals surface area contributed by atoms with Crippen LogP contribution in [0.3, 0.4) is 0 Å². The Hall–Kier alpha value is -2.29. The first-order chi connectivity index (χ1) is 11.7. The topological polar surface area (TPSA) is 38.3 Å². The van der Waals surface area contributed by atoms with Gasteiger partial charge in [0.25, 0.3) is 0 Å². The minimum Gasteiger partial charge on any atom is -0.497 e. The highest BCUT2D eigenvalue weighted by atomic mass is 16.5. The second kappa shape index (κ2) is 7.52. The first-order valence-electron chi connectivity index (χ1n) is 8.62. The van der Waals surface area contributed by atoms with Crippen LogP contribution in [0.25, 0.3) is 0 Å². The Bertz CT molecular complexity index is 672. The summed E-state index contributed by atoms with van der Waals surface area (Å²) in [6.45, 7) is 2.66. The molecule has 3 heteroatoms. The van der Waals surface area contributed by atoms with Crippen LogP contribution in [-0.2, 0) is 11.3 Å². The van der Waals surface area contributed by atoms with Crippen molar-refractivity contribution in [2.75, 3.05) is 7.11 Å². The number of benzene rings is 2. The van der Waals surface area contributed by atoms with E-state index in [0.29, 0.717) is 24.8 Å². The van der Waals surface area contributed by atoms with Gasteiger partial charge in [0.1, 0.15) is 5.75 Å². The van der Waals surface area contributed by atoms with Gasteiger partial charge in [0.05, 0.1) is 7.11 Å². The third kappa shape index (κ3) is 4.38. The molecular formula is C21H25NO2. The van der Waals surface area contributed by atoms with Gasteiger partial charge in [-0.15, -0.1) is 0 Å². The summed E-state index contributed by atoms with van der Waals surface area (Å²) in [4.78, 5) is 12.4. The van der Waals surface area contributed by atoms with Crippen molar-refractivity contribution < 1.29 is 9.53 Å². The van der Waals surface area contributed by atoms with E-state index in [0.717, 1.165) is 11.3 Å². The lowest BCUT2D eigenvalue weighted by Crippen LogP contribution is -2.25. The van der Waals surface area contributed by atoms with E-state index >= 15 is 0 Å². The quantitative estimate of drug-likeness (QED) is 0.829. The summed E-state index contributed by atoms with van der Waals surface area (Å²) in [7, 11) is 1.67. The number of aryl methyl sites for hydroxylation is 1. The molecule has 0 bridgehead atoms. The predicted octanol–water partition coefficient (Wildman–Crippen LogP) is 4.20. The van der Waals surface area contributed by atoms with Crippen LogP contribution in [0.15, 0.2) is 48.5 Å². The van der Waals surface area contributed by atoms with E-state index in [1.165, 1.54) is 24.0 Å². The summed E-state index contributed by atoms with van der Waals surface area (Å²) in [5.74, 6) is 1.94. The number of carbonyl (C=O) groups excluding carboxylic acids is 1. The number of amides is 1. The lowest BCUT2D eigenvalue weighted by Gasteiger charge is -2.17. The summed E-state index contributed by atoms with van der Waals surface area (Å²) in [6.07, 6.45) is 3.01. The molecule has 1 aliphatic rings. The van der Waals surface area contributed by atoms with E-state index in [1.807, 2.05) is 12.1 Å². The third-order valence-corrected chi connectivity index (χ3v) is 4.75. The molecule has 1 atom stereocenters. The smallest absolute Gasteiger partial charge is 0.220 e. The molecule has 0 aromatic heterocycles. The van der Waals surface area contributed by atoms with Crippen LogP contribution in [0.2, 0.25) is 0 Å². The lowest BCUT2D eigenvalue weighted by molar-refractivity contribution is -0.121. The molecule has 1 unspecified atom stereocenters. The molecule has 1 fully saturated rings. The Morgan fingerprint density at radius 2 is 1.79 bits per heavy atom. The van der Waals surface area contributed by atoms with E-state index in [4.69, 9.17) is 4.74 Å². The maximum absolute atomic E-state index is 12.4. The van der Waals surface area contributed by atoms with Gasteiger partial charge in [-0.1, -0.05) is 42.0 Å². The number of hydrogen-bond acceptors (Lipinski definition) is 2. The summed E-state index contributed by atoms with van der Waals surface area (Å²) in [5.41, 5.74) is 3.61. The fraction of sp³-hybridized carbons (Fsp3) is 0.381. The van der Waals surface area contributed by atoms with Gasteiger partial charge in [-0.3, -0.25) is 4.79 Å². The number of carbonyl (C=O) groups is 1. The van der Waals surface area contributed by atoms with Crippen LogP contribution >= 0.6 is 0 Å². The molecule has 3 nitrogen and oxygen atoms in total. The summed E-state index contributed by atoms with van der Waals surface area (Å²) < 4.78 is 5.22. The van der Waals surface area contributed by atoms with Crippen LogP contribution in [0.5, 0.6) is 5.75 Å². The largest absolute Gasteiger partial charge is 0.497 e. The highest BCUT2D eigenvalue weighted by molar-refractivity contribution is 5.77. The molecule has 0 radical (unpaired) electrons. The van der Waals surface area contributed by atoms with Gasteiger partial charge in [-0.2, -0.15) is 0 Å². The van der Waals surface area contributed by atoms with Crippen LogP contribution in [0.1, 0.15) is 41.9 Å². The third-order valence-electron chi connectivity index (χ3n) is 4.75. The van der Waals surface area contributed by atoms with Crippen LogP contribution < -0.4 is 10.1 Å². The van der Waals surface area contributed by atoms with Gasteiger partial charge in [-0.05, 0) is 54.9 Å². The molecule has 0 saturated heterocycles. The maximum atomic E-state index is 12.4. The summed E-state index contributed by atoms with van der Waals surface area (Å²) in [5, 5.41) is 3.06. The first kappa shape index (κ1) is 16.6. The van der Waals surface area contributed by atoms with E-state index in [1.54, 1.807) is 7.11 Å². The van der Waals surface area contributed by atoms with Crippen molar-refractivity contribution in [1.82, 2.24) is 5.32 Å². The molecule has 126 valence electrons. The van der Waals surface area contributed by atoms with Crippen molar-refractivity contribution in [2.45, 2.75) is 38.6 Å². The Morgan fingerprint density at radius 1 is 1.12 bits per heavy atom. The minimum absolute atomic E-state index is 0.128. The predicted molar refractivity (Wildman–Crippen MR) is 96.1 cm³/mol. The Morgan fingerprint density at radius 3 is 2.38 bits per heavy atom. The zero-order valence-electron chi connectivity index (χ0n) is 14.4. The van der Waals surface area contributed by atoms with E-state index in [2.05, 4.69) is 48.6 Å². The second-order valence-corrected chi connectivity index (χ2v) is 6.68. The average molecular weight is 323 g/mol. The Labute approximate surface area is 144 Å². The molecule has 1 amide bonds. The SMILES string of the molecule is COc1ccc(C(CC(=O)NCc2ccc(C)cc2)C2CC2)cc1. The number of rotatable bonds is 7. The summed E-state index contributed by atoms with van der Waals surface area (Å²) >= 11 is 0. The molecule has 1 saturated carbocycles. The van der Waals surface area contributed by atoms with Crippen molar-refractivity contribution in [3.8, 4) is 5.75 Å². The second-order valence-electron chi connectivity index (χ2n) is 6.68. The van der Waals surface area contributed by atoms with E-state index in [-0.39, 0.29) is 5.91 Å². The molecule has 2 aromatic carbocycles. The molecule has 0 aliphatic heterocycles. The molecule has 3 rings (SSSR count). The van der Waals surface area contributed by atoms with Crippen molar-refractivity contribution in [3.63, 3.8) is 0 Å². The lowest BCUT2D eigenvalue weighted by atomic mass is 9.90. The number of methoxy groups -OCH3 is 1. The van der Waals surface area contributed by atoms with Gasteiger partial charge < -0.3 is 10.1 Å². The fourth-order valence-corrected chi connectivity index (χ4v) is 3.08. The number of ether oxygens (including phenoxy) is 1. The number of hydrogen-bond donors (Lipinski definition) is 1. The zero-order chi connectivity index (χ0) is 16.9. The van der Waals surface area contributed by atoms with Crippen molar-refractivity contribution >= 4 is 5.91 Å². The minimum atomic E-state index is 0.128. The van der Waals surface area contributed by atoms with Gasteiger partial charge >= 0.3 is 0 Å². The van der Waals surface area contributed by atoms with Crippen molar-refractivity contribution in [1.29, 1.82) is 0 Å². The van der Waals surface area contributed by atoms with Crippen molar-refractivity contribution in [3.05, 3.63) is 65.2 Å². The maximum Gasteiger partial charge on any atom is 0.220 e. The number of nitrogens with one attached hydrogen (secondary N) is 1. The zero-order valence-corrected chi connectivity index (χ0v) is 14.4. The van der Waals surface area contributed by atoms with Crippen molar-refractivity contribution in [2.24, 2.45) is 5.92 Å². The molecular weight excluding hydrogens is 298 g/mol. The van der Waals surface area contributed by atoms with Gasteiger partial charge in [0, 0.05) is 13.0 Å². The average Bonchev–Trinajstić information content (AvgIpc) is 3.44. The van der Waals surface area contributed by atoms with Crippen LogP contribution in [0, 0.1) is 12.8 Å². The van der Waals surface area contributed by atoms with E-state index in [9.17, 15) is 4.79 Å². The first-order valence-corrected chi connectivity index (χ1v) is 8.62. The Kier molecular flexibility index (Phi) is 5.19. The molecule has 1 aliphatic carbocycles. The molecule has 24 heavy (non-hydrogen) atoms. The van der Waals surface area contributed by atoms with Gasteiger partial charge in [0.15, 0.2) is 0 Å². The molecule has 0 heterocycles.